The molecule has 0 radical (unpaired) electrons. The van der Waals surface area contributed by atoms with Crippen molar-refractivity contribution in [2.75, 3.05) is 7.05 Å². The minimum Gasteiger partial charge on any atom is -0.494 e. The fourth-order valence-electron chi connectivity index (χ4n) is 2.71. The fraction of sp³-hybridized carbons (Fsp3) is 0.0588. The minimum atomic E-state index is -3.48. The third-order valence-corrected chi connectivity index (χ3v) is 6.33. The van der Waals surface area contributed by atoms with Crippen LogP contribution in [0.25, 0.3) is 21.1 Å². The van der Waals surface area contributed by atoms with Crippen LogP contribution in [-0.2, 0) is 10.0 Å². The molecule has 2 aromatic carbocycles. The minimum absolute atomic E-state index is 0.0269. The molecule has 4 rings (SSSR count). The molecule has 0 aliphatic carbocycles. The summed E-state index contributed by atoms with van der Waals surface area (Å²) in [5.74, 6) is 0.0269. The Kier molecular flexibility index (Phi) is 3.98. The van der Waals surface area contributed by atoms with Crippen molar-refractivity contribution in [1.82, 2.24) is 14.7 Å². The van der Waals surface area contributed by atoms with Crippen LogP contribution in [-0.4, -0.2) is 36.8 Å². The fourth-order valence-corrected chi connectivity index (χ4v) is 4.29. The van der Waals surface area contributed by atoms with Gasteiger partial charge in [0, 0.05) is 11.6 Å². The first kappa shape index (κ1) is 16.7. The Morgan fingerprint density at radius 3 is 2.73 bits per heavy atom. The van der Waals surface area contributed by atoms with E-state index in [1.54, 1.807) is 23.9 Å². The van der Waals surface area contributed by atoms with Gasteiger partial charge in [0.15, 0.2) is 5.88 Å². The number of nitrogens with one attached hydrogen (secondary N) is 2. The van der Waals surface area contributed by atoms with Crippen LogP contribution in [0.15, 0.2) is 51.8 Å². The number of aliphatic imine (C=N–C) groups is 1. The number of hydrogen-bond acceptors (Lipinski definition) is 6. The first-order valence-electron chi connectivity index (χ1n) is 7.64. The smallest absolute Gasteiger partial charge is 0.240 e. The average molecular weight is 386 g/mol. The Balaban J connectivity index is 1.75. The zero-order valence-corrected chi connectivity index (χ0v) is 15.2. The Bertz CT molecular complexity index is 1240. The molecule has 2 heterocycles. The van der Waals surface area contributed by atoms with Crippen LogP contribution in [0, 0.1) is 0 Å². The second-order valence-corrected chi connectivity index (χ2v) is 8.28. The van der Waals surface area contributed by atoms with Gasteiger partial charge in [-0.05, 0) is 43.4 Å². The molecule has 132 valence electrons. The quantitative estimate of drug-likeness (QED) is 0.468. The highest BCUT2D eigenvalue weighted by atomic mass is 32.2. The predicted octanol–water partition coefficient (Wildman–Crippen LogP) is 3.14. The molecule has 2 aromatic heterocycles. The Morgan fingerprint density at radius 1 is 1.23 bits per heavy atom. The van der Waals surface area contributed by atoms with Crippen molar-refractivity contribution < 1.29 is 13.5 Å². The molecule has 0 fully saturated rings. The van der Waals surface area contributed by atoms with E-state index in [9.17, 15) is 13.5 Å². The number of aromatic amines is 1. The van der Waals surface area contributed by atoms with E-state index in [1.165, 1.54) is 30.5 Å². The number of sulfonamides is 1. The van der Waals surface area contributed by atoms with Gasteiger partial charge < -0.3 is 10.1 Å². The highest BCUT2D eigenvalue weighted by molar-refractivity contribution is 7.89. The third-order valence-electron chi connectivity index (χ3n) is 4.04. The van der Waals surface area contributed by atoms with Gasteiger partial charge in [-0.15, -0.1) is 11.3 Å². The standard InChI is InChI=1S/C17H14N4O3S2/c1-18-26(23,24)11-4-2-10(3-5-11)19-8-12-15-13(21-17(12)22)6-7-14-16(15)25-9-20-14/h2-9,18,21-22H,1H3. The lowest BCUT2D eigenvalue weighted by molar-refractivity contribution is 0.457. The molecule has 0 atom stereocenters. The van der Waals surface area contributed by atoms with E-state index < -0.39 is 10.0 Å². The summed E-state index contributed by atoms with van der Waals surface area (Å²) >= 11 is 1.50. The summed E-state index contributed by atoms with van der Waals surface area (Å²) in [5.41, 5.74) is 4.57. The monoisotopic (exact) mass is 386 g/mol. The molecule has 7 nitrogen and oxygen atoms in total. The van der Waals surface area contributed by atoms with E-state index in [0.717, 1.165) is 21.1 Å². The number of thiazole rings is 1. The van der Waals surface area contributed by atoms with Crippen molar-refractivity contribution in [3.8, 4) is 5.88 Å². The van der Waals surface area contributed by atoms with E-state index in [-0.39, 0.29) is 10.8 Å². The van der Waals surface area contributed by atoms with Crippen LogP contribution in [0.3, 0.4) is 0 Å². The first-order chi connectivity index (χ1) is 12.5. The van der Waals surface area contributed by atoms with Gasteiger partial charge in [0.2, 0.25) is 10.0 Å². The van der Waals surface area contributed by atoms with Gasteiger partial charge in [0.1, 0.15) is 0 Å². The van der Waals surface area contributed by atoms with Crippen LogP contribution >= 0.6 is 11.3 Å². The molecule has 0 spiro atoms. The Labute approximate surface area is 153 Å². The largest absolute Gasteiger partial charge is 0.494 e. The number of rotatable bonds is 4. The summed E-state index contributed by atoms with van der Waals surface area (Å²) in [6.45, 7) is 0. The molecule has 3 N–H and O–H groups in total. The zero-order chi connectivity index (χ0) is 18.3. The average Bonchev–Trinajstić information content (AvgIpc) is 3.23. The van der Waals surface area contributed by atoms with Gasteiger partial charge in [-0.25, -0.2) is 18.1 Å². The molecule has 0 unspecified atom stereocenters. The van der Waals surface area contributed by atoms with Crippen LogP contribution in [0.2, 0.25) is 0 Å². The summed E-state index contributed by atoms with van der Waals surface area (Å²) in [5, 5.41) is 11.1. The summed E-state index contributed by atoms with van der Waals surface area (Å²) in [6, 6.07) is 9.94. The number of nitrogens with zero attached hydrogens (tertiary/aromatic N) is 2. The van der Waals surface area contributed by atoms with Crippen LogP contribution in [0.5, 0.6) is 5.88 Å². The highest BCUT2D eigenvalue weighted by Crippen LogP contribution is 2.34. The topological polar surface area (TPSA) is 107 Å². The maximum Gasteiger partial charge on any atom is 0.240 e. The molecule has 4 aromatic rings. The van der Waals surface area contributed by atoms with Gasteiger partial charge in [-0.2, -0.15) is 0 Å². The Hall–Kier alpha value is -2.75. The lowest BCUT2D eigenvalue weighted by Crippen LogP contribution is -2.18. The molecule has 0 saturated heterocycles. The number of H-pyrrole nitrogens is 1. The van der Waals surface area contributed by atoms with Crippen LogP contribution in [0.1, 0.15) is 5.56 Å². The second-order valence-electron chi connectivity index (χ2n) is 5.54. The van der Waals surface area contributed by atoms with Gasteiger partial charge >= 0.3 is 0 Å². The summed E-state index contributed by atoms with van der Waals surface area (Å²) in [7, 11) is -2.12. The first-order valence-corrected chi connectivity index (χ1v) is 10.0. The molecule has 0 saturated carbocycles. The van der Waals surface area contributed by atoms with E-state index in [0.29, 0.717) is 11.3 Å². The number of fused-ring (bicyclic) bond motifs is 3. The summed E-state index contributed by atoms with van der Waals surface area (Å²) < 4.78 is 26.7. The summed E-state index contributed by atoms with van der Waals surface area (Å²) in [6.07, 6.45) is 1.56. The van der Waals surface area contributed by atoms with Crippen LogP contribution < -0.4 is 4.72 Å². The highest BCUT2D eigenvalue weighted by Gasteiger charge is 2.14. The van der Waals surface area contributed by atoms with Crippen molar-refractivity contribution >= 4 is 54.4 Å². The number of benzene rings is 2. The second kappa shape index (κ2) is 6.20. The molecule has 0 bridgehead atoms. The molecule has 0 aliphatic heterocycles. The van der Waals surface area contributed by atoms with E-state index in [1.807, 2.05) is 12.1 Å². The number of hydrogen-bond donors (Lipinski definition) is 3. The van der Waals surface area contributed by atoms with Crippen molar-refractivity contribution in [3.05, 3.63) is 47.5 Å². The van der Waals surface area contributed by atoms with Gasteiger partial charge in [-0.3, -0.25) is 4.99 Å². The molecular formula is C17H14N4O3S2. The number of aromatic hydroxyl groups is 1. The molecule has 0 aliphatic rings. The van der Waals surface area contributed by atoms with Crippen molar-refractivity contribution in [3.63, 3.8) is 0 Å². The SMILES string of the molecule is CNS(=O)(=O)c1ccc(N=Cc2c(O)[nH]c3ccc4ncsc4c23)cc1. The van der Waals surface area contributed by atoms with Crippen LogP contribution in [0.4, 0.5) is 5.69 Å². The Morgan fingerprint density at radius 2 is 2.00 bits per heavy atom. The zero-order valence-electron chi connectivity index (χ0n) is 13.6. The summed E-state index contributed by atoms with van der Waals surface area (Å²) in [4.78, 5) is 11.8. The van der Waals surface area contributed by atoms with Crippen molar-refractivity contribution in [1.29, 1.82) is 0 Å². The third kappa shape index (κ3) is 2.75. The molecular weight excluding hydrogens is 372 g/mol. The number of aromatic nitrogens is 2. The molecule has 0 amide bonds. The lowest BCUT2D eigenvalue weighted by Gasteiger charge is -2.02. The maximum atomic E-state index is 11.8. The van der Waals surface area contributed by atoms with E-state index in [2.05, 4.69) is 19.7 Å². The molecule has 26 heavy (non-hydrogen) atoms. The maximum absolute atomic E-state index is 11.8. The van der Waals surface area contributed by atoms with Gasteiger partial charge in [-0.1, -0.05) is 0 Å². The van der Waals surface area contributed by atoms with Gasteiger partial charge in [0.05, 0.1) is 37.4 Å². The van der Waals surface area contributed by atoms with Crippen molar-refractivity contribution in [2.24, 2.45) is 4.99 Å². The van der Waals surface area contributed by atoms with E-state index in [4.69, 9.17) is 0 Å². The normalized spacial score (nSPS) is 12.5. The van der Waals surface area contributed by atoms with Crippen molar-refractivity contribution in [2.45, 2.75) is 4.90 Å². The lowest BCUT2D eigenvalue weighted by atomic mass is 10.1. The predicted molar refractivity (Wildman–Crippen MR) is 103 cm³/mol. The molecule has 9 heteroatoms. The van der Waals surface area contributed by atoms with E-state index >= 15 is 0 Å². The van der Waals surface area contributed by atoms with Gasteiger partial charge in [0.25, 0.3) is 0 Å².